The number of hydrogen-bond acceptors (Lipinski definition) is 6. The van der Waals surface area contributed by atoms with Crippen LogP contribution in [-0.4, -0.2) is 18.0 Å². The molecule has 2 rings (SSSR count). The number of aryl methyl sites for hydroxylation is 1. The molecule has 8 heteroatoms. The standard InChI is InChI=1S/C16H19O6PS/c17-23(18,19)16(24(20,21)22)8-4-5-13-9-11-15(12-10-13)14-6-2-1-3-7-14/h1-3,6-7,9-12,16H,4-5,8H2,(H2,17,18,19)(H,20,21,22)/p-3/t16-/m1/s1. The Morgan fingerprint density at radius 1 is 0.917 bits per heavy atom. The van der Waals surface area contributed by atoms with Gasteiger partial charge in [-0.25, -0.2) is 8.42 Å². The van der Waals surface area contributed by atoms with Crippen molar-refractivity contribution in [2.75, 3.05) is 0 Å². The lowest BCUT2D eigenvalue weighted by Crippen LogP contribution is -2.32. The molecule has 0 unspecified atom stereocenters. The SMILES string of the molecule is O=P([O-])([O-])[C@@H](CCCc1ccc(-c2ccccc2)cc1)S(=O)(=O)[O-]. The maximum Gasteiger partial charge on any atom is 0.102 e. The van der Waals surface area contributed by atoms with Gasteiger partial charge in [0.15, 0.2) is 0 Å². The Morgan fingerprint density at radius 3 is 1.96 bits per heavy atom. The normalized spacial score (nSPS) is 13.6. The third-order valence-corrected chi connectivity index (χ3v) is 7.08. The van der Waals surface area contributed by atoms with Crippen LogP contribution in [0, 0.1) is 0 Å². The lowest BCUT2D eigenvalue weighted by atomic mass is 10.0. The summed E-state index contributed by atoms with van der Waals surface area (Å²) in [5.41, 5.74) is 2.94. The molecule has 2 aromatic carbocycles. The van der Waals surface area contributed by atoms with Crippen molar-refractivity contribution in [1.29, 1.82) is 0 Å². The minimum absolute atomic E-state index is 0.116. The molecule has 2 aromatic rings. The van der Waals surface area contributed by atoms with Gasteiger partial charge >= 0.3 is 0 Å². The summed E-state index contributed by atoms with van der Waals surface area (Å²) in [6, 6.07) is 17.2. The molecule has 0 fully saturated rings. The van der Waals surface area contributed by atoms with Crippen LogP contribution in [0.2, 0.25) is 0 Å². The lowest BCUT2D eigenvalue weighted by molar-refractivity contribution is -0.314. The van der Waals surface area contributed by atoms with Crippen molar-refractivity contribution in [2.45, 2.75) is 24.3 Å². The van der Waals surface area contributed by atoms with Gasteiger partial charge in [-0.15, -0.1) is 0 Å². The highest BCUT2D eigenvalue weighted by Crippen LogP contribution is 2.38. The molecule has 24 heavy (non-hydrogen) atoms. The van der Waals surface area contributed by atoms with E-state index >= 15 is 0 Å². The van der Waals surface area contributed by atoms with Crippen LogP contribution in [0.15, 0.2) is 54.6 Å². The van der Waals surface area contributed by atoms with Crippen molar-refractivity contribution >= 4 is 17.7 Å². The van der Waals surface area contributed by atoms with Crippen molar-refractivity contribution in [1.82, 2.24) is 0 Å². The van der Waals surface area contributed by atoms with Gasteiger partial charge in [-0.2, -0.15) is 0 Å². The third kappa shape index (κ3) is 5.26. The summed E-state index contributed by atoms with van der Waals surface area (Å²) in [6.45, 7) is 0. The van der Waals surface area contributed by atoms with Crippen molar-refractivity contribution < 1.29 is 27.3 Å². The number of rotatable bonds is 7. The van der Waals surface area contributed by atoms with E-state index in [1.807, 2.05) is 54.6 Å². The summed E-state index contributed by atoms with van der Waals surface area (Å²) in [6.07, 6.45) is 0.00290. The highest BCUT2D eigenvalue weighted by atomic mass is 32.2. The van der Waals surface area contributed by atoms with Gasteiger partial charge < -0.3 is 18.9 Å². The summed E-state index contributed by atoms with van der Waals surface area (Å²) in [5, 5.41) is 0. The Morgan fingerprint density at radius 2 is 1.46 bits per heavy atom. The first-order valence-electron chi connectivity index (χ1n) is 7.29. The van der Waals surface area contributed by atoms with Crippen LogP contribution in [0.4, 0.5) is 0 Å². The molecule has 0 bridgehead atoms. The molecule has 0 amide bonds. The molecule has 0 aliphatic heterocycles. The monoisotopic (exact) mass is 367 g/mol. The fraction of sp³-hybridized carbons (Fsp3) is 0.250. The highest BCUT2D eigenvalue weighted by molar-refractivity contribution is 7.93. The first-order chi connectivity index (χ1) is 11.2. The molecular formula is C16H16O6PS-3. The zero-order chi connectivity index (χ0) is 17.8. The molecule has 0 N–H and O–H groups in total. The van der Waals surface area contributed by atoms with Crippen LogP contribution in [0.3, 0.4) is 0 Å². The van der Waals surface area contributed by atoms with Crippen molar-refractivity contribution in [3.63, 3.8) is 0 Å². The Hall–Kier alpha value is -1.50. The number of hydrogen-bond donors (Lipinski definition) is 0. The van der Waals surface area contributed by atoms with E-state index < -0.39 is 29.1 Å². The van der Waals surface area contributed by atoms with E-state index in [0.717, 1.165) is 16.7 Å². The van der Waals surface area contributed by atoms with Crippen LogP contribution in [0.1, 0.15) is 18.4 Å². The van der Waals surface area contributed by atoms with Crippen molar-refractivity contribution in [2.24, 2.45) is 0 Å². The zero-order valence-corrected chi connectivity index (χ0v) is 14.4. The average molecular weight is 367 g/mol. The quantitative estimate of drug-likeness (QED) is 0.540. The van der Waals surface area contributed by atoms with E-state index in [1.54, 1.807) is 0 Å². The van der Waals surface area contributed by atoms with Crippen LogP contribution in [-0.2, 0) is 21.1 Å². The van der Waals surface area contributed by atoms with Gasteiger partial charge in [-0.1, -0.05) is 62.2 Å². The molecule has 130 valence electrons. The maximum absolute atomic E-state index is 10.9. The Balaban J connectivity index is 1.99. The maximum atomic E-state index is 10.9. The van der Waals surface area contributed by atoms with Crippen LogP contribution >= 0.6 is 7.60 Å². The van der Waals surface area contributed by atoms with Gasteiger partial charge in [0.1, 0.15) is 10.1 Å². The van der Waals surface area contributed by atoms with Gasteiger partial charge in [0.2, 0.25) is 0 Å². The first-order valence-corrected chi connectivity index (χ1v) is 10.4. The second kappa shape index (κ2) is 7.59. The van der Waals surface area contributed by atoms with E-state index in [0.29, 0.717) is 6.42 Å². The molecule has 0 aromatic heterocycles. The van der Waals surface area contributed by atoms with E-state index in [9.17, 15) is 27.3 Å². The number of benzene rings is 2. The predicted octanol–water partition coefficient (Wildman–Crippen LogP) is 1.46. The molecule has 0 saturated carbocycles. The van der Waals surface area contributed by atoms with E-state index in [4.69, 9.17) is 0 Å². The molecular weight excluding hydrogens is 351 g/mol. The molecule has 0 heterocycles. The summed E-state index contributed by atoms with van der Waals surface area (Å²) >= 11 is 0. The van der Waals surface area contributed by atoms with E-state index in [2.05, 4.69) is 0 Å². The predicted molar refractivity (Wildman–Crippen MR) is 85.9 cm³/mol. The first kappa shape index (κ1) is 18.8. The van der Waals surface area contributed by atoms with Gasteiger partial charge in [-0.05, 0) is 36.0 Å². The zero-order valence-electron chi connectivity index (χ0n) is 12.7. The molecule has 0 spiro atoms. The Labute approximate surface area is 141 Å². The smallest absolute Gasteiger partial charge is 0.102 e. The van der Waals surface area contributed by atoms with Gasteiger partial charge in [0, 0.05) is 0 Å². The summed E-state index contributed by atoms with van der Waals surface area (Å²) < 4.78 is 43.6. The third-order valence-electron chi connectivity index (χ3n) is 3.66. The van der Waals surface area contributed by atoms with Gasteiger partial charge in [0.25, 0.3) is 0 Å². The molecule has 6 nitrogen and oxygen atoms in total. The molecule has 0 saturated heterocycles. The Bertz CT molecular complexity index is 811. The summed E-state index contributed by atoms with van der Waals surface area (Å²) in [4.78, 5) is 19.4. The van der Waals surface area contributed by atoms with Crippen molar-refractivity contribution in [3.05, 3.63) is 60.2 Å². The molecule has 1 atom stereocenters. The second-order valence-electron chi connectivity index (χ2n) is 5.44. The van der Waals surface area contributed by atoms with Crippen LogP contribution in [0.25, 0.3) is 11.1 Å². The van der Waals surface area contributed by atoms with E-state index in [-0.39, 0.29) is 6.42 Å². The fourth-order valence-electron chi connectivity index (χ4n) is 2.44. The Kier molecular flexibility index (Phi) is 5.96. The summed E-state index contributed by atoms with van der Waals surface area (Å²) in [7, 11) is -10.6. The topological polar surface area (TPSA) is 120 Å². The highest BCUT2D eigenvalue weighted by Gasteiger charge is 2.19. The largest absolute Gasteiger partial charge is 0.810 e. The minimum Gasteiger partial charge on any atom is -0.810 e. The minimum atomic E-state index is -5.47. The van der Waals surface area contributed by atoms with Gasteiger partial charge in [0.05, 0.1) is 4.99 Å². The molecule has 0 radical (unpaired) electrons. The van der Waals surface area contributed by atoms with Gasteiger partial charge in [-0.3, -0.25) is 0 Å². The molecule has 0 aliphatic rings. The van der Waals surface area contributed by atoms with Crippen LogP contribution in [0.5, 0.6) is 0 Å². The van der Waals surface area contributed by atoms with Crippen molar-refractivity contribution in [3.8, 4) is 11.1 Å². The lowest BCUT2D eigenvalue weighted by Gasteiger charge is -2.39. The average Bonchev–Trinajstić information content (AvgIpc) is 2.50. The summed E-state index contributed by atoms with van der Waals surface area (Å²) in [5.74, 6) is 0. The fourth-order valence-corrected chi connectivity index (χ4v) is 4.65. The van der Waals surface area contributed by atoms with Crippen LogP contribution < -0.4 is 9.79 Å². The van der Waals surface area contributed by atoms with E-state index in [1.165, 1.54) is 0 Å². The second-order valence-corrected chi connectivity index (χ2v) is 9.05. The molecule has 0 aliphatic carbocycles.